The lowest BCUT2D eigenvalue weighted by Crippen LogP contribution is -2.11. The second kappa shape index (κ2) is 3.63. The molecule has 0 amide bonds. The van der Waals surface area contributed by atoms with Crippen LogP contribution in [0, 0.1) is 0 Å². The number of hydrogen-bond donors (Lipinski definition) is 1. The number of nitrogens with two attached hydrogens (primary N) is 1. The van der Waals surface area contributed by atoms with Gasteiger partial charge in [0.2, 0.25) is 0 Å². The lowest BCUT2D eigenvalue weighted by Gasteiger charge is -2.22. The van der Waals surface area contributed by atoms with E-state index < -0.39 is 0 Å². The molecule has 0 aliphatic carbocycles. The summed E-state index contributed by atoms with van der Waals surface area (Å²) in [5, 5.41) is 1.41. The van der Waals surface area contributed by atoms with E-state index in [9.17, 15) is 0 Å². The molecule has 16 heavy (non-hydrogen) atoms. The predicted molar refractivity (Wildman–Crippen MR) is 67.7 cm³/mol. The zero-order chi connectivity index (χ0) is 11.1. The number of para-hydroxylation sites is 1. The van der Waals surface area contributed by atoms with Crippen molar-refractivity contribution in [2.45, 2.75) is 32.2 Å². The Kier molecular flexibility index (Phi) is 2.25. The molecule has 2 heterocycles. The molecule has 3 rings (SSSR count). The van der Waals surface area contributed by atoms with Gasteiger partial charge < -0.3 is 10.3 Å². The number of benzene rings is 1. The number of hydrogen-bond acceptors (Lipinski definition) is 1. The van der Waals surface area contributed by atoms with Crippen LogP contribution in [0.2, 0.25) is 0 Å². The molecule has 1 aliphatic rings. The van der Waals surface area contributed by atoms with E-state index in [1.807, 2.05) is 0 Å². The van der Waals surface area contributed by atoms with Crippen molar-refractivity contribution in [1.82, 2.24) is 4.57 Å². The quantitative estimate of drug-likeness (QED) is 0.818. The van der Waals surface area contributed by atoms with Gasteiger partial charge in [0, 0.05) is 17.6 Å². The Morgan fingerprint density at radius 2 is 2.31 bits per heavy atom. The fraction of sp³-hybridized carbons (Fsp3) is 0.429. The van der Waals surface area contributed by atoms with Crippen molar-refractivity contribution >= 4 is 10.9 Å². The van der Waals surface area contributed by atoms with Crippen molar-refractivity contribution in [2.24, 2.45) is 5.73 Å². The minimum atomic E-state index is 0.629. The van der Waals surface area contributed by atoms with Crippen molar-refractivity contribution in [1.29, 1.82) is 0 Å². The van der Waals surface area contributed by atoms with Crippen LogP contribution in [0.25, 0.3) is 10.9 Å². The van der Waals surface area contributed by atoms with Crippen LogP contribution >= 0.6 is 0 Å². The first-order chi connectivity index (χ1) is 7.81. The van der Waals surface area contributed by atoms with Gasteiger partial charge in [-0.2, -0.15) is 0 Å². The normalized spacial score (nSPS) is 19.2. The summed E-state index contributed by atoms with van der Waals surface area (Å²) in [7, 11) is 0. The Balaban J connectivity index is 2.30. The van der Waals surface area contributed by atoms with Gasteiger partial charge in [0.1, 0.15) is 0 Å². The Hall–Kier alpha value is -1.28. The summed E-state index contributed by atoms with van der Waals surface area (Å²) in [5.41, 5.74) is 10.0. The van der Waals surface area contributed by atoms with Gasteiger partial charge >= 0.3 is 0 Å². The van der Waals surface area contributed by atoms with Crippen LogP contribution in [-0.2, 0) is 12.8 Å². The lowest BCUT2D eigenvalue weighted by molar-refractivity contribution is 0.503. The van der Waals surface area contributed by atoms with Gasteiger partial charge in [-0.05, 0) is 43.9 Å². The van der Waals surface area contributed by atoms with E-state index in [2.05, 4.69) is 35.9 Å². The van der Waals surface area contributed by atoms with Gasteiger partial charge in [0.15, 0.2) is 0 Å². The summed E-state index contributed by atoms with van der Waals surface area (Å²) in [5.74, 6) is 0. The fourth-order valence-corrected chi connectivity index (χ4v) is 2.86. The maximum atomic E-state index is 5.68. The van der Waals surface area contributed by atoms with E-state index in [4.69, 9.17) is 5.73 Å². The SMILES string of the molecule is CC1CCc2cccc3c(CCN)cn1c23. The molecule has 0 fully saturated rings. The molecule has 0 bridgehead atoms. The largest absolute Gasteiger partial charge is 0.344 e. The van der Waals surface area contributed by atoms with E-state index in [1.165, 1.54) is 34.9 Å². The highest BCUT2D eigenvalue weighted by atomic mass is 15.0. The van der Waals surface area contributed by atoms with Crippen molar-refractivity contribution in [2.75, 3.05) is 6.54 Å². The molecule has 0 saturated carbocycles. The molecular formula is C14H18N2. The summed E-state index contributed by atoms with van der Waals surface area (Å²) in [6.45, 7) is 3.04. The molecule has 2 heteroatoms. The molecule has 0 radical (unpaired) electrons. The smallest absolute Gasteiger partial charge is 0.0518 e. The molecule has 2 nitrogen and oxygen atoms in total. The molecule has 1 aliphatic heterocycles. The van der Waals surface area contributed by atoms with Crippen LogP contribution < -0.4 is 5.73 Å². The highest BCUT2D eigenvalue weighted by Crippen LogP contribution is 2.34. The van der Waals surface area contributed by atoms with Crippen LogP contribution in [0.15, 0.2) is 24.4 Å². The summed E-state index contributed by atoms with van der Waals surface area (Å²) < 4.78 is 2.44. The third kappa shape index (κ3) is 1.30. The van der Waals surface area contributed by atoms with Gasteiger partial charge in [-0.15, -0.1) is 0 Å². The molecule has 1 aromatic carbocycles. The zero-order valence-electron chi connectivity index (χ0n) is 9.74. The van der Waals surface area contributed by atoms with Crippen molar-refractivity contribution in [3.63, 3.8) is 0 Å². The van der Waals surface area contributed by atoms with Crippen molar-refractivity contribution in [3.05, 3.63) is 35.5 Å². The Morgan fingerprint density at radius 1 is 1.44 bits per heavy atom. The molecule has 1 unspecified atom stereocenters. The summed E-state index contributed by atoms with van der Waals surface area (Å²) in [6, 6.07) is 7.30. The van der Waals surface area contributed by atoms with Crippen LogP contribution in [0.5, 0.6) is 0 Å². The van der Waals surface area contributed by atoms with Gasteiger partial charge in [0.25, 0.3) is 0 Å². The maximum absolute atomic E-state index is 5.68. The van der Waals surface area contributed by atoms with Gasteiger partial charge in [-0.25, -0.2) is 0 Å². The minimum absolute atomic E-state index is 0.629. The van der Waals surface area contributed by atoms with E-state index in [1.54, 1.807) is 0 Å². The number of rotatable bonds is 2. The first-order valence-corrected chi connectivity index (χ1v) is 6.12. The zero-order valence-corrected chi connectivity index (χ0v) is 9.74. The average Bonchev–Trinajstić information content (AvgIpc) is 2.66. The summed E-state index contributed by atoms with van der Waals surface area (Å²) in [6.07, 6.45) is 5.76. The van der Waals surface area contributed by atoms with E-state index in [0.29, 0.717) is 6.04 Å². The fourth-order valence-electron chi connectivity index (χ4n) is 2.86. The van der Waals surface area contributed by atoms with Crippen LogP contribution in [-0.4, -0.2) is 11.1 Å². The first-order valence-electron chi connectivity index (χ1n) is 6.12. The Bertz CT molecular complexity index is 525. The topological polar surface area (TPSA) is 30.9 Å². The van der Waals surface area contributed by atoms with Gasteiger partial charge in [-0.1, -0.05) is 18.2 Å². The molecule has 1 aromatic heterocycles. The third-order valence-electron chi connectivity index (χ3n) is 3.74. The van der Waals surface area contributed by atoms with E-state index in [-0.39, 0.29) is 0 Å². The molecule has 84 valence electrons. The summed E-state index contributed by atoms with van der Waals surface area (Å²) >= 11 is 0. The molecule has 2 N–H and O–H groups in total. The Morgan fingerprint density at radius 3 is 3.12 bits per heavy atom. The van der Waals surface area contributed by atoms with Gasteiger partial charge in [-0.3, -0.25) is 0 Å². The molecular weight excluding hydrogens is 196 g/mol. The number of aromatic nitrogens is 1. The molecule has 1 atom stereocenters. The second-order valence-electron chi connectivity index (χ2n) is 4.80. The highest BCUT2D eigenvalue weighted by Gasteiger charge is 2.19. The Labute approximate surface area is 96.1 Å². The molecule has 0 saturated heterocycles. The summed E-state index contributed by atoms with van der Waals surface area (Å²) in [4.78, 5) is 0. The average molecular weight is 214 g/mol. The van der Waals surface area contributed by atoms with Gasteiger partial charge in [0.05, 0.1) is 5.52 Å². The van der Waals surface area contributed by atoms with Crippen molar-refractivity contribution in [3.8, 4) is 0 Å². The van der Waals surface area contributed by atoms with Crippen LogP contribution in [0.3, 0.4) is 0 Å². The number of nitrogens with zero attached hydrogens (tertiary/aromatic N) is 1. The standard InChI is InChI=1S/C14H18N2/c1-10-5-6-11-3-2-4-13-12(7-8-15)9-16(10)14(11)13/h2-4,9-10H,5-8,15H2,1H3. The monoisotopic (exact) mass is 214 g/mol. The van der Waals surface area contributed by atoms with Crippen LogP contribution in [0.1, 0.15) is 30.5 Å². The molecule has 0 spiro atoms. The lowest BCUT2D eigenvalue weighted by atomic mass is 9.99. The van der Waals surface area contributed by atoms with Crippen molar-refractivity contribution < 1.29 is 0 Å². The predicted octanol–water partition coefficient (Wildman–Crippen LogP) is 2.65. The second-order valence-corrected chi connectivity index (χ2v) is 4.80. The molecule has 2 aromatic rings. The minimum Gasteiger partial charge on any atom is -0.344 e. The third-order valence-corrected chi connectivity index (χ3v) is 3.74. The highest BCUT2D eigenvalue weighted by molar-refractivity contribution is 5.87. The maximum Gasteiger partial charge on any atom is 0.0518 e. The van der Waals surface area contributed by atoms with E-state index in [0.717, 1.165) is 13.0 Å². The number of aryl methyl sites for hydroxylation is 1. The van der Waals surface area contributed by atoms with Crippen LogP contribution in [0.4, 0.5) is 0 Å². The first kappa shape index (κ1) is 9.91. The van der Waals surface area contributed by atoms with E-state index >= 15 is 0 Å².